The van der Waals surface area contributed by atoms with Crippen molar-refractivity contribution in [3.63, 3.8) is 0 Å². The van der Waals surface area contributed by atoms with Crippen LogP contribution in [0.1, 0.15) is 24.0 Å². The molecule has 0 spiro atoms. The summed E-state index contributed by atoms with van der Waals surface area (Å²) in [5, 5.41) is 14.1. The molecule has 0 saturated carbocycles. The van der Waals surface area contributed by atoms with Crippen molar-refractivity contribution in [1.82, 2.24) is 10.3 Å². The van der Waals surface area contributed by atoms with Gasteiger partial charge in [0.2, 0.25) is 0 Å². The van der Waals surface area contributed by atoms with Crippen molar-refractivity contribution in [2.75, 3.05) is 13.7 Å². The highest BCUT2D eigenvalue weighted by atomic mass is 16.3. The molecule has 0 bridgehead atoms. The predicted octanol–water partition coefficient (Wildman–Crippen LogP) is 2.33. The molecule has 3 rings (SSSR count). The van der Waals surface area contributed by atoms with Gasteiger partial charge >= 0.3 is 0 Å². The molecular weight excluding hydrogens is 236 g/mol. The first kappa shape index (κ1) is 12.5. The molecule has 0 radical (unpaired) electrons. The van der Waals surface area contributed by atoms with Crippen molar-refractivity contribution in [1.29, 1.82) is 0 Å². The number of likely N-dealkylation sites (N-methyl/N-ethyl adjacent to an activating group) is 1. The van der Waals surface area contributed by atoms with Crippen LogP contribution in [0.25, 0.3) is 10.9 Å². The molecule has 1 aromatic carbocycles. The molecule has 3 N–H and O–H groups in total. The molecule has 1 aliphatic rings. The lowest BCUT2D eigenvalue weighted by Crippen LogP contribution is -2.35. The van der Waals surface area contributed by atoms with E-state index >= 15 is 0 Å². The van der Waals surface area contributed by atoms with Gasteiger partial charge in [-0.15, -0.1) is 0 Å². The SMILES string of the molecule is CNC1Cc2c[nH]c3cccc(c23)C1/C=C(\C)CO. The standard InChI is InChI=1S/C16H20N2O/c1-10(9-19)6-13-12-4-3-5-14-16(12)11(8-18-14)7-15(13)17-2/h3-6,8,13,15,17-19H,7,9H2,1-2H3/b10-6+. The highest BCUT2D eigenvalue weighted by Crippen LogP contribution is 2.37. The fraction of sp³-hybridized carbons (Fsp3) is 0.375. The van der Waals surface area contributed by atoms with E-state index in [2.05, 4.69) is 40.8 Å². The lowest BCUT2D eigenvalue weighted by atomic mass is 9.79. The van der Waals surface area contributed by atoms with E-state index in [9.17, 15) is 5.11 Å². The Labute approximate surface area is 113 Å². The van der Waals surface area contributed by atoms with Crippen LogP contribution in [0.4, 0.5) is 0 Å². The van der Waals surface area contributed by atoms with E-state index in [0.29, 0.717) is 12.0 Å². The van der Waals surface area contributed by atoms with Crippen LogP contribution in [0.5, 0.6) is 0 Å². The fourth-order valence-electron chi connectivity index (χ4n) is 3.15. The molecule has 1 aliphatic carbocycles. The van der Waals surface area contributed by atoms with Crippen molar-refractivity contribution >= 4 is 10.9 Å². The topological polar surface area (TPSA) is 48.0 Å². The minimum absolute atomic E-state index is 0.128. The Morgan fingerprint density at radius 1 is 1.53 bits per heavy atom. The first-order valence-corrected chi connectivity index (χ1v) is 6.79. The lowest BCUT2D eigenvalue weighted by Gasteiger charge is -2.30. The maximum Gasteiger partial charge on any atom is 0.0639 e. The average molecular weight is 256 g/mol. The van der Waals surface area contributed by atoms with E-state index in [1.54, 1.807) is 0 Å². The Balaban J connectivity index is 2.17. The third-order valence-electron chi connectivity index (χ3n) is 4.14. The molecular formula is C16H20N2O. The van der Waals surface area contributed by atoms with Crippen LogP contribution in [0.15, 0.2) is 36.0 Å². The number of aliphatic hydroxyl groups is 1. The third kappa shape index (κ3) is 1.99. The molecule has 1 aromatic heterocycles. The summed E-state index contributed by atoms with van der Waals surface area (Å²) in [4.78, 5) is 3.35. The highest BCUT2D eigenvalue weighted by Gasteiger charge is 2.28. The summed E-state index contributed by atoms with van der Waals surface area (Å²) in [6.45, 7) is 2.11. The van der Waals surface area contributed by atoms with Crippen LogP contribution >= 0.6 is 0 Å². The van der Waals surface area contributed by atoms with E-state index in [1.807, 2.05) is 14.0 Å². The molecule has 2 unspecified atom stereocenters. The monoisotopic (exact) mass is 256 g/mol. The summed E-state index contributed by atoms with van der Waals surface area (Å²) in [6, 6.07) is 6.82. The van der Waals surface area contributed by atoms with Gasteiger partial charge in [0.05, 0.1) is 6.61 Å². The van der Waals surface area contributed by atoms with Gasteiger partial charge in [0.25, 0.3) is 0 Å². The van der Waals surface area contributed by atoms with Crippen molar-refractivity contribution in [3.8, 4) is 0 Å². The number of H-pyrrole nitrogens is 1. The van der Waals surface area contributed by atoms with Gasteiger partial charge in [0.1, 0.15) is 0 Å². The maximum absolute atomic E-state index is 9.28. The molecule has 3 heteroatoms. The molecule has 0 amide bonds. The first-order valence-electron chi connectivity index (χ1n) is 6.79. The third-order valence-corrected chi connectivity index (χ3v) is 4.14. The van der Waals surface area contributed by atoms with Crippen molar-refractivity contribution < 1.29 is 5.11 Å². The molecule has 3 nitrogen and oxygen atoms in total. The Kier molecular flexibility index (Phi) is 3.17. The second-order valence-electron chi connectivity index (χ2n) is 5.38. The van der Waals surface area contributed by atoms with E-state index in [-0.39, 0.29) is 6.61 Å². The highest BCUT2D eigenvalue weighted by molar-refractivity contribution is 5.88. The number of aliphatic hydroxyl groups excluding tert-OH is 1. The van der Waals surface area contributed by atoms with Gasteiger partial charge in [0, 0.05) is 29.1 Å². The van der Waals surface area contributed by atoms with Crippen LogP contribution < -0.4 is 5.32 Å². The number of hydrogen-bond acceptors (Lipinski definition) is 2. The van der Waals surface area contributed by atoms with E-state index < -0.39 is 0 Å². The number of aromatic nitrogens is 1. The molecule has 0 saturated heterocycles. The van der Waals surface area contributed by atoms with Gasteiger partial charge in [-0.25, -0.2) is 0 Å². The van der Waals surface area contributed by atoms with Crippen molar-refractivity contribution in [2.24, 2.45) is 0 Å². The van der Waals surface area contributed by atoms with Crippen LogP contribution in [0, 0.1) is 0 Å². The maximum atomic E-state index is 9.28. The molecule has 0 aliphatic heterocycles. The molecule has 100 valence electrons. The van der Waals surface area contributed by atoms with E-state index in [0.717, 1.165) is 12.0 Å². The Bertz CT molecular complexity index is 627. The van der Waals surface area contributed by atoms with Crippen LogP contribution in [-0.4, -0.2) is 29.8 Å². The quantitative estimate of drug-likeness (QED) is 0.738. The molecule has 0 fully saturated rings. The number of hydrogen-bond donors (Lipinski definition) is 3. The van der Waals surface area contributed by atoms with Crippen LogP contribution in [0.2, 0.25) is 0 Å². The summed E-state index contributed by atoms with van der Waals surface area (Å²) in [5.74, 6) is 0.323. The minimum Gasteiger partial charge on any atom is -0.392 e. The van der Waals surface area contributed by atoms with E-state index in [1.165, 1.54) is 22.0 Å². The number of aromatic amines is 1. The average Bonchev–Trinajstić information content (AvgIpc) is 2.86. The zero-order valence-corrected chi connectivity index (χ0v) is 11.4. The number of rotatable bonds is 3. The van der Waals surface area contributed by atoms with Gasteiger partial charge in [-0.3, -0.25) is 0 Å². The molecule has 2 atom stereocenters. The molecule has 2 aromatic rings. The van der Waals surface area contributed by atoms with Gasteiger partial charge in [-0.1, -0.05) is 23.8 Å². The predicted molar refractivity (Wildman–Crippen MR) is 78.4 cm³/mol. The summed E-state index contributed by atoms with van der Waals surface area (Å²) < 4.78 is 0. The Morgan fingerprint density at radius 3 is 3.11 bits per heavy atom. The fourth-order valence-corrected chi connectivity index (χ4v) is 3.15. The largest absolute Gasteiger partial charge is 0.392 e. The minimum atomic E-state index is 0.128. The Hall–Kier alpha value is -1.58. The summed E-state index contributed by atoms with van der Waals surface area (Å²) >= 11 is 0. The lowest BCUT2D eigenvalue weighted by molar-refractivity contribution is 0.330. The van der Waals surface area contributed by atoms with Gasteiger partial charge in [-0.2, -0.15) is 0 Å². The molecule has 1 heterocycles. The Morgan fingerprint density at radius 2 is 2.37 bits per heavy atom. The molecule has 19 heavy (non-hydrogen) atoms. The first-order chi connectivity index (χ1) is 9.24. The normalized spacial score (nSPS) is 23.0. The van der Waals surface area contributed by atoms with E-state index in [4.69, 9.17) is 0 Å². The second kappa shape index (κ2) is 4.83. The zero-order valence-electron chi connectivity index (χ0n) is 11.4. The van der Waals surface area contributed by atoms with Gasteiger partial charge in [-0.05, 0) is 37.6 Å². The summed E-state index contributed by atoms with van der Waals surface area (Å²) in [6.07, 6.45) is 5.34. The zero-order chi connectivity index (χ0) is 13.4. The second-order valence-corrected chi connectivity index (χ2v) is 5.38. The summed E-state index contributed by atoms with van der Waals surface area (Å²) in [7, 11) is 2.01. The van der Waals surface area contributed by atoms with Gasteiger partial charge in [0.15, 0.2) is 0 Å². The van der Waals surface area contributed by atoms with Crippen LogP contribution in [-0.2, 0) is 6.42 Å². The van der Waals surface area contributed by atoms with Crippen LogP contribution in [0.3, 0.4) is 0 Å². The van der Waals surface area contributed by atoms with Crippen molar-refractivity contribution in [2.45, 2.75) is 25.3 Å². The van der Waals surface area contributed by atoms with Gasteiger partial charge < -0.3 is 15.4 Å². The summed E-state index contributed by atoms with van der Waals surface area (Å²) in [5.41, 5.74) is 4.98. The number of nitrogens with one attached hydrogen (secondary N) is 2. The number of benzene rings is 1. The smallest absolute Gasteiger partial charge is 0.0639 e. The van der Waals surface area contributed by atoms with Crippen molar-refractivity contribution in [3.05, 3.63) is 47.2 Å².